The fraction of sp³-hybridized carbons (Fsp3) is 1.00. The summed E-state index contributed by atoms with van der Waals surface area (Å²) in [7, 11) is 0. The lowest BCUT2D eigenvalue weighted by atomic mass is 9.36. The highest BCUT2D eigenvalue weighted by Gasteiger charge is 2.82. The molecular formula is C15H24O2. The third kappa shape index (κ3) is 0.889. The molecule has 1 aliphatic heterocycles. The molecule has 1 N–H and O–H groups in total. The zero-order chi connectivity index (χ0) is 12.1. The fourth-order valence-electron chi connectivity index (χ4n) is 6.27. The highest BCUT2D eigenvalue weighted by molar-refractivity contribution is 5.30. The molecule has 1 saturated heterocycles. The van der Waals surface area contributed by atoms with Gasteiger partial charge in [-0.05, 0) is 43.4 Å². The summed E-state index contributed by atoms with van der Waals surface area (Å²) in [5.74, 6) is 0.775. The molecule has 0 aromatic heterocycles. The maximum absolute atomic E-state index is 10.5. The third-order valence-electron chi connectivity index (χ3n) is 7.11. The van der Waals surface area contributed by atoms with Crippen LogP contribution in [0.4, 0.5) is 0 Å². The summed E-state index contributed by atoms with van der Waals surface area (Å²) < 4.78 is 5.97. The molecule has 0 unspecified atom stereocenters. The van der Waals surface area contributed by atoms with E-state index in [0.29, 0.717) is 10.8 Å². The van der Waals surface area contributed by atoms with Gasteiger partial charge in [-0.25, -0.2) is 0 Å². The second-order valence-corrected chi connectivity index (χ2v) is 7.98. The maximum Gasteiger partial charge on any atom is 0.0982 e. The summed E-state index contributed by atoms with van der Waals surface area (Å²) in [4.78, 5) is 0. The number of rotatable bonds is 0. The van der Waals surface area contributed by atoms with Gasteiger partial charge in [0.15, 0.2) is 0 Å². The minimum Gasteiger partial charge on any atom is -0.393 e. The van der Waals surface area contributed by atoms with Crippen molar-refractivity contribution in [2.75, 3.05) is 6.61 Å². The van der Waals surface area contributed by atoms with E-state index in [9.17, 15) is 5.11 Å². The number of hydrogen-bond acceptors (Lipinski definition) is 2. The number of epoxide rings is 1. The predicted octanol–water partition coefficient (Wildman–Crippen LogP) is 2.74. The van der Waals surface area contributed by atoms with E-state index in [-0.39, 0.29) is 17.1 Å². The molecule has 3 aliphatic carbocycles. The van der Waals surface area contributed by atoms with Crippen LogP contribution in [0, 0.1) is 22.2 Å². The molecule has 17 heavy (non-hydrogen) atoms. The summed E-state index contributed by atoms with van der Waals surface area (Å²) in [5, 5.41) is 10.5. The Morgan fingerprint density at radius 1 is 1.12 bits per heavy atom. The first-order valence-corrected chi connectivity index (χ1v) is 7.20. The van der Waals surface area contributed by atoms with Crippen LogP contribution in [0.15, 0.2) is 0 Å². The van der Waals surface area contributed by atoms with E-state index < -0.39 is 0 Å². The molecule has 0 radical (unpaired) electrons. The minimum absolute atomic E-state index is 0.0987. The summed E-state index contributed by atoms with van der Waals surface area (Å²) in [6, 6.07) is 0. The van der Waals surface area contributed by atoms with E-state index in [1.165, 1.54) is 19.3 Å². The summed E-state index contributed by atoms with van der Waals surface area (Å²) in [6.45, 7) is 8.12. The molecule has 96 valence electrons. The summed E-state index contributed by atoms with van der Waals surface area (Å²) in [6.07, 6.45) is 5.71. The Hall–Kier alpha value is -0.0800. The Morgan fingerprint density at radius 3 is 2.41 bits per heavy atom. The Morgan fingerprint density at radius 2 is 1.82 bits per heavy atom. The van der Waals surface area contributed by atoms with Crippen molar-refractivity contribution < 1.29 is 9.84 Å². The lowest BCUT2D eigenvalue weighted by molar-refractivity contribution is -0.235. The Labute approximate surface area is 104 Å². The van der Waals surface area contributed by atoms with E-state index in [1.54, 1.807) is 0 Å². The minimum atomic E-state index is -0.0987. The van der Waals surface area contributed by atoms with Crippen LogP contribution in [0.25, 0.3) is 0 Å². The molecule has 2 heteroatoms. The Bertz CT molecular complexity index is 384. The van der Waals surface area contributed by atoms with Crippen molar-refractivity contribution in [3.05, 3.63) is 0 Å². The van der Waals surface area contributed by atoms with Crippen LogP contribution in [0.1, 0.15) is 52.9 Å². The van der Waals surface area contributed by atoms with E-state index in [1.807, 2.05) is 0 Å². The monoisotopic (exact) mass is 236 g/mol. The molecule has 0 bridgehead atoms. The molecule has 0 aromatic rings. The third-order valence-corrected chi connectivity index (χ3v) is 7.11. The van der Waals surface area contributed by atoms with Crippen LogP contribution >= 0.6 is 0 Å². The predicted molar refractivity (Wildman–Crippen MR) is 65.6 cm³/mol. The lowest BCUT2D eigenvalue weighted by Crippen LogP contribution is -2.68. The van der Waals surface area contributed by atoms with Crippen molar-refractivity contribution >= 4 is 0 Å². The van der Waals surface area contributed by atoms with Gasteiger partial charge in [-0.1, -0.05) is 20.8 Å². The topological polar surface area (TPSA) is 32.8 Å². The van der Waals surface area contributed by atoms with Crippen molar-refractivity contribution in [2.24, 2.45) is 22.2 Å². The Kier molecular flexibility index (Phi) is 1.65. The van der Waals surface area contributed by atoms with E-state index in [2.05, 4.69) is 20.8 Å². The molecule has 4 fully saturated rings. The van der Waals surface area contributed by atoms with Crippen LogP contribution in [0.3, 0.4) is 0 Å². The van der Waals surface area contributed by atoms with Gasteiger partial charge in [0.1, 0.15) is 0 Å². The fourth-order valence-corrected chi connectivity index (χ4v) is 6.27. The van der Waals surface area contributed by atoms with Gasteiger partial charge < -0.3 is 9.84 Å². The van der Waals surface area contributed by atoms with Gasteiger partial charge in [-0.15, -0.1) is 0 Å². The highest BCUT2D eigenvalue weighted by atomic mass is 16.6. The molecule has 0 amide bonds. The van der Waals surface area contributed by atoms with Crippen molar-refractivity contribution in [1.29, 1.82) is 0 Å². The number of aliphatic hydroxyl groups excluding tert-OH is 1. The van der Waals surface area contributed by atoms with E-state index in [4.69, 9.17) is 4.74 Å². The second kappa shape index (κ2) is 2.60. The highest BCUT2D eigenvalue weighted by Crippen LogP contribution is 2.82. The molecule has 5 atom stereocenters. The number of ether oxygens (including phenoxy) is 1. The summed E-state index contributed by atoms with van der Waals surface area (Å²) in [5.41, 5.74) is 1.06. The summed E-state index contributed by atoms with van der Waals surface area (Å²) >= 11 is 0. The number of hydrogen-bond donors (Lipinski definition) is 1. The molecule has 4 rings (SSSR count). The molecule has 1 heterocycles. The molecule has 4 aliphatic rings. The zero-order valence-corrected chi connectivity index (χ0v) is 11.3. The molecular weight excluding hydrogens is 212 g/mol. The normalized spacial score (nSPS) is 62.8. The average Bonchev–Trinajstić information content (AvgIpc) is 2.96. The first-order valence-electron chi connectivity index (χ1n) is 7.20. The second-order valence-electron chi connectivity index (χ2n) is 7.98. The van der Waals surface area contributed by atoms with Gasteiger partial charge in [0.2, 0.25) is 0 Å². The van der Waals surface area contributed by atoms with Gasteiger partial charge in [-0.2, -0.15) is 0 Å². The van der Waals surface area contributed by atoms with Gasteiger partial charge in [0.05, 0.1) is 18.3 Å². The largest absolute Gasteiger partial charge is 0.393 e. The van der Waals surface area contributed by atoms with Gasteiger partial charge >= 0.3 is 0 Å². The van der Waals surface area contributed by atoms with Gasteiger partial charge in [0, 0.05) is 10.8 Å². The molecule has 2 nitrogen and oxygen atoms in total. The SMILES string of the molecule is CC1(C)C[C@]23[C@H]1CC[C@@]2(C)[C@H](O)CC[C@@]31CO1. The van der Waals surface area contributed by atoms with Crippen molar-refractivity contribution in [3.8, 4) is 0 Å². The van der Waals surface area contributed by atoms with Crippen molar-refractivity contribution in [1.82, 2.24) is 0 Å². The van der Waals surface area contributed by atoms with Gasteiger partial charge in [0.25, 0.3) is 0 Å². The molecule has 3 saturated carbocycles. The van der Waals surface area contributed by atoms with Crippen molar-refractivity contribution in [3.63, 3.8) is 0 Å². The lowest BCUT2D eigenvalue weighted by Gasteiger charge is -2.68. The van der Waals surface area contributed by atoms with Crippen LogP contribution in [-0.2, 0) is 4.74 Å². The molecule has 2 spiro atoms. The maximum atomic E-state index is 10.5. The first kappa shape index (κ1) is 10.8. The van der Waals surface area contributed by atoms with Crippen molar-refractivity contribution in [2.45, 2.75) is 64.6 Å². The van der Waals surface area contributed by atoms with Crippen LogP contribution in [-0.4, -0.2) is 23.4 Å². The standard InChI is InChI=1S/C15H24O2/c1-12(2)8-15-10(12)4-6-13(15,3)11(16)5-7-14(15)9-17-14/h10-11,16H,4-9H2,1-3H3/t10-,11+,13-,14+,15-/m0/s1. The Balaban J connectivity index is 1.85. The molecule has 0 aromatic carbocycles. The average molecular weight is 236 g/mol. The van der Waals surface area contributed by atoms with Crippen LogP contribution in [0.5, 0.6) is 0 Å². The van der Waals surface area contributed by atoms with Crippen LogP contribution in [0.2, 0.25) is 0 Å². The zero-order valence-electron chi connectivity index (χ0n) is 11.3. The first-order chi connectivity index (χ1) is 7.88. The smallest absolute Gasteiger partial charge is 0.0982 e. The quantitative estimate of drug-likeness (QED) is 0.656. The van der Waals surface area contributed by atoms with E-state index >= 15 is 0 Å². The number of aliphatic hydroxyl groups is 1. The van der Waals surface area contributed by atoms with E-state index in [0.717, 1.165) is 25.4 Å². The van der Waals surface area contributed by atoms with Gasteiger partial charge in [-0.3, -0.25) is 0 Å². The van der Waals surface area contributed by atoms with Crippen LogP contribution < -0.4 is 0 Å².